The minimum absolute atomic E-state index is 0.00624. The van der Waals surface area contributed by atoms with E-state index in [2.05, 4.69) is 11.8 Å². The van der Waals surface area contributed by atoms with Crippen molar-refractivity contribution < 1.29 is 13.5 Å². The lowest BCUT2D eigenvalue weighted by Crippen LogP contribution is -2.36. The van der Waals surface area contributed by atoms with Crippen LogP contribution in [-0.4, -0.2) is 56.0 Å². The van der Waals surface area contributed by atoms with E-state index in [0.717, 1.165) is 11.1 Å². The Morgan fingerprint density at radius 2 is 1.95 bits per heavy atom. The molecule has 1 aromatic carbocycles. The summed E-state index contributed by atoms with van der Waals surface area (Å²) in [4.78, 5) is 2.09. The van der Waals surface area contributed by atoms with Gasteiger partial charge >= 0.3 is 0 Å². The molecule has 2 rings (SSSR count). The van der Waals surface area contributed by atoms with Gasteiger partial charge in [-0.25, -0.2) is 8.42 Å². The number of hydrogen-bond acceptors (Lipinski definition) is 4. The van der Waals surface area contributed by atoms with Crippen molar-refractivity contribution in [2.24, 2.45) is 5.92 Å². The van der Waals surface area contributed by atoms with Gasteiger partial charge in [-0.1, -0.05) is 31.2 Å². The summed E-state index contributed by atoms with van der Waals surface area (Å²) >= 11 is 0. The highest BCUT2D eigenvalue weighted by Crippen LogP contribution is 2.24. The largest absolute Gasteiger partial charge is 0.392 e. The van der Waals surface area contributed by atoms with E-state index in [1.54, 1.807) is 28.6 Å². The zero-order valence-corrected chi connectivity index (χ0v) is 13.7. The molecule has 0 amide bonds. The number of aliphatic hydroxyl groups excluding tert-OH is 1. The van der Waals surface area contributed by atoms with Crippen LogP contribution in [0.4, 0.5) is 0 Å². The quantitative estimate of drug-likeness (QED) is 0.877. The molecular weight excluding hydrogens is 288 g/mol. The topological polar surface area (TPSA) is 60.9 Å². The summed E-state index contributed by atoms with van der Waals surface area (Å²) in [6.07, 6.45) is 0. The number of likely N-dealkylation sites (N-methyl/N-ethyl adjacent to an activating group) is 1. The molecule has 1 N–H and O–H groups in total. The standard InChI is InChI=1S/C15H24N2O3S/c1-12-8-17(9-15(12)16(2)3)21(19,20)11-14-6-4-5-13(7-14)10-18/h4-7,12,15,18H,8-11H2,1-3H3. The second-order valence-electron chi connectivity index (χ2n) is 6.06. The van der Waals surface area contributed by atoms with Crippen LogP contribution in [0.15, 0.2) is 24.3 Å². The summed E-state index contributed by atoms with van der Waals surface area (Å²) < 4.78 is 26.7. The van der Waals surface area contributed by atoms with E-state index in [-0.39, 0.29) is 18.4 Å². The fourth-order valence-corrected chi connectivity index (χ4v) is 4.55. The van der Waals surface area contributed by atoms with Crippen molar-refractivity contribution >= 4 is 10.0 Å². The van der Waals surface area contributed by atoms with Crippen LogP contribution in [0.2, 0.25) is 0 Å². The molecule has 0 saturated carbocycles. The van der Waals surface area contributed by atoms with Crippen molar-refractivity contribution in [3.8, 4) is 0 Å². The molecule has 0 bridgehead atoms. The molecule has 1 aromatic rings. The minimum atomic E-state index is -3.31. The minimum Gasteiger partial charge on any atom is -0.392 e. The first-order valence-corrected chi connectivity index (χ1v) is 8.77. The Labute approximate surface area is 127 Å². The second kappa shape index (κ2) is 6.44. The molecule has 0 spiro atoms. The molecule has 1 fully saturated rings. The molecule has 6 heteroatoms. The summed E-state index contributed by atoms with van der Waals surface area (Å²) in [6.45, 7) is 3.14. The average Bonchev–Trinajstić information content (AvgIpc) is 2.81. The molecule has 0 radical (unpaired) electrons. The number of hydrogen-bond donors (Lipinski definition) is 1. The summed E-state index contributed by atoms with van der Waals surface area (Å²) in [6, 6.07) is 7.38. The molecule has 1 heterocycles. The van der Waals surface area contributed by atoms with Gasteiger partial charge in [0.15, 0.2) is 0 Å². The number of sulfonamides is 1. The molecule has 0 aromatic heterocycles. The van der Waals surface area contributed by atoms with Gasteiger partial charge in [-0.3, -0.25) is 0 Å². The zero-order valence-electron chi connectivity index (χ0n) is 12.9. The van der Waals surface area contributed by atoms with Gasteiger partial charge in [0.25, 0.3) is 0 Å². The van der Waals surface area contributed by atoms with Crippen LogP contribution in [0.3, 0.4) is 0 Å². The lowest BCUT2D eigenvalue weighted by molar-refractivity contribution is 0.263. The Morgan fingerprint density at radius 3 is 2.52 bits per heavy atom. The first-order chi connectivity index (χ1) is 9.83. The summed E-state index contributed by atoms with van der Waals surface area (Å²) in [5.74, 6) is 0.326. The van der Waals surface area contributed by atoms with E-state index in [1.807, 2.05) is 14.1 Å². The Kier molecular flexibility index (Phi) is 5.03. The smallest absolute Gasteiger partial charge is 0.218 e. The molecular formula is C15H24N2O3S. The Morgan fingerprint density at radius 1 is 1.29 bits per heavy atom. The van der Waals surface area contributed by atoms with E-state index >= 15 is 0 Å². The van der Waals surface area contributed by atoms with Crippen LogP contribution < -0.4 is 0 Å². The van der Waals surface area contributed by atoms with Crippen LogP contribution in [0.25, 0.3) is 0 Å². The lowest BCUT2D eigenvalue weighted by atomic mass is 10.1. The molecule has 2 atom stereocenters. The average molecular weight is 312 g/mol. The van der Waals surface area contributed by atoms with Crippen LogP contribution in [-0.2, 0) is 22.4 Å². The van der Waals surface area contributed by atoms with Crippen molar-refractivity contribution in [1.82, 2.24) is 9.21 Å². The Hall–Kier alpha value is -0.950. The van der Waals surface area contributed by atoms with Gasteiger partial charge in [0.1, 0.15) is 0 Å². The van der Waals surface area contributed by atoms with Crippen molar-refractivity contribution in [3.63, 3.8) is 0 Å². The fraction of sp³-hybridized carbons (Fsp3) is 0.600. The van der Waals surface area contributed by atoms with Crippen molar-refractivity contribution in [2.75, 3.05) is 27.2 Å². The number of rotatable bonds is 5. The SMILES string of the molecule is CC1CN(S(=O)(=O)Cc2cccc(CO)c2)CC1N(C)C. The van der Waals surface area contributed by atoms with Crippen molar-refractivity contribution in [1.29, 1.82) is 0 Å². The van der Waals surface area contributed by atoms with Crippen LogP contribution in [0, 0.1) is 5.92 Å². The summed E-state index contributed by atoms with van der Waals surface area (Å²) in [5.41, 5.74) is 1.46. The maximum atomic E-state index is 12.6. The molecule has 1 aliphatic heterocycles. The predicted octanol–water partition coefficient (Wildman–Crippen LogP) is 0.891. The first kappa shape index (κ1) is 16.4. The number of aliphatic hydroxyl groups is 1. The van der Waals surface area contributed by atoms with Gasteiger partial charge in [-0.2, -0.15) is 4.31 Å². The molecule has 5 nitrogen and oxygen atoms in total. The predicted molar refractivity (Wildman–Crippen MR) is 83.2 cm³/mol. The molecule has 118 valence electrons. The Balaban J connectivity index is 2.12. The second-order valence-corrected chi connectivity index (χ2v) is 8.03. The monoisotopic (exact) mass is 312 g/mol. The third-order valence-corrected chi connectivity index (χ3v) is 5.90. The highest BCUT2D eigenvalue weighted by atomic mass is 32.2. The van der Waals surface area contributed by atoms with Crippen LogP contribution in [0.5, 0.6) is 0 Å². The number of benzene rings is 1. The van der Waals surface area contributed by atoms with Gasteiger partial charge < -0.3 is 10.0 Å². The molecule has 21 heavy (non-hydrogen) atoms. The van der Waals surface area contributed by atoms with E-state index in [4.69, 9.17) is 5.11 Å². The highest BCUT2D eigenvalue weighted by Gasteiger charge is 2.37. The van der Waals surface area contributed by atoms with Crippen molar-refractivity contribution in [3.05, 3.63) is 35.4 Å². The fourth-order valence-electron chi connectivity index (χ4n) is 2.93. The van der Waals surface area contributed by atoms with E-state index in [9.17, 15) is 8.42 Å². The maximum Gasteiger partial charge on any atom is 0.218 e. The Bertz CT molecular complexity index is 586. The van der Waals surface area contributed by atoms with E-state index in [0.29, 0.717) is 19.0 Å². The van der Waals surface area contributed by atoms with Gasteiger partial charge in [-0.15, -0.1) is 0 Å². The van der Waals surface area contributed by atoms with Crippen molar-refractivity contribution in [2.45, 2.75) is 25.3 Å². The van der Waals surface area contributed by atoms with Gasteiger partial charge in [0.2, 0.25) is 10.0 Å². The maximum absolute atomic E-state index is 12.6. The van der Waals surface area contributed by atoms with Gasteiger partial charge in [0.05, 0.1) is 12.4 Å². The third-order valence-electron chi connectivity index (χ3n) is 4.12. The number of nitrogens with zero attached hydrogens (tertiary/aromatic N) is 2. The molecule has 0 aliphatic carbocycles. The van der Waals surface area contributed by atoms with Gasteiger partial charge in [0, 0.05) is 19.1 Å². The molecule has 2 unspecified atom stereocenters. The van der Waals surface area contributed by atoms with E-state index < -0.39 is 10.0 Å². The van der Waals surface area contributed by atoms with E-state index in [1.165, 1.54) is 0 Å². The normalized spacial score (nSPS) is 23.9. The summed E-state index contributed by atoms with van der Waals surface area (Å²) in [5, 5.41) is 9.14. The van der Waals surface area contributed by atoms with Crippen LogP contribution >= 0.6 is 0 Å². The zero-order chi connectivity index (χ0) is 15.6. The first-order valence-electron chi connectivity index (χ1n) is 7.16. The lowest BCUT2D eigenvalue weighted by Gasteiger charge is -2.22. The summed E-state index contributed by atoms with van der Waals surface area (Å²) in [7, 11) is 0.664. The van der Waals surface area contributed by atoms with Gasteiger partial charge in [-0.05, 0) is 31.1 Å². The third kappa shape index (κ3) is 3.83. The van der Waals surface area contributed by atoms with Crippen LogP contribution in [0.1, 0.15) is 18.1 Å². The molecule has 1 saturated heterocycles. The highest BCUT2D eigenvalue weighted by molar-refractivity contribution is 7.88. The molecule has 1 aliphatic rings.